The van der Waals surface area contributed by atoms with E-state index in [4.69, 9.17) is 10.9 Å². The molecule has 0 saturated heterocycles. The van der Waals surface area contributed by atoms with E-state index >= 15 is 0 Å². The second kappa shape index (κ2) is 6.98. The molecular formula is C11H22N4O2. The van der Waals surface area contributed by atoms with Crippen LogP contribution < -0.4 is 11.1 Å². The van der Waals surface area contributed by atoms with E-state index in [9.17, 15) is 4.79 Å². The Morgan fingerprint density at radius 1 is 1.53 bits per heavy atom. The second-order valence-corrected chi connectivity index (χ2v) is 4.39. The first-order valence-corrected chi connectivity index (χ1v) is 6.20. The molecule has 6 nitrogen and oxygen atoms in total. The van der Waals surface area contributed by atoms with E-state index in [1.807, 2.05) is 6.92 Å². The molecule has 0 aromatic heterocycles. The van der Waals surface area contributed by atoms with Gasteiger partial charge in [-0.15, -0.1) is 0 Å². The van der Waals surface area contributed by atoms with Crippen LogP contribution in [0.1, 0.15) is 39.0 Å². The molecule has 0 aromatic rings. The van der Waals surface area contributed by atoms with Gasteiger partial charge in [-0.3, -0.25) is 0 Å². The lowest BCUT2D eigenvalue weighted by Gasteiger charge is -2.28. The summed E-state index contributed by atoms with van der Waals surface area (Å²) in [5.41, 5.74) is 5.49. The summed E-state index contributed by atoms with van der Waals surface area (Å²) in [4.78, 5) is 13.6. The normalized spacial score (nSPS) is 17.1. The summed E-state index contributed by atoms with van der Waals surface area (Å²) in [6, 6.07) is 0.0949. The molecule has 0 spiro atoms. The quantitative estimate of drug-likeness (QED) is 0.292. The van der Waals surface area contributed by atoms with Gasteiger partial charge in [-0.05, 0) is 19.3 Å². The van der Waals surface area contributed by atoms with Crippen LogP contribution in [0, 0.1) is 0 Å². The van der Waals surface area contributed by atoms with Crippen LogP contribution in [0.5, 0.6) is 0 Å². The third kappa shape index (κ3) is 4.13. The molecule has 0 heterocycles. The van der Waals surface area contributed by atoms with Crippen LogP contribution in [0.15, 0.2) is 5.16 Å². The molecule has 17 heavy (non-hydrogen) atoms. The highest BCUT2D eigenvalue weighted by molar-refractivity contribution is 5.86. The van der Waals surface area contributed by atoms with Crippen LogP contribution in [-0.2, 0) is 0 Å². The van der Waals surface area contributed by atoms with E-state index in [0.717, 1.165) is 32.1 Å². The predicted molar refractivity (Wildman–Crippen MR) is 66.1 cm³/mol. The summed E-state index contributed by atoms with van der Waals surface area (Å²) in [6.07, 6.45) is 5.17. The third-order valence-electron chi connectivity index (χ3n) is 3.01. The number of carbonyl (C=O) groups excluding carboxylic acids is 1. The van der Waals surface area contributed by atoms with Crippen molar-refractivity contribution < 1.29 is 10.0 Å². The van der Waals surface area contributed by atoms with Crippen LogP contribution in [0.25, 0.3) is 0 Å². The number of amides is 2. The van der Waals surface area contributed by atoms with Gasteiger partial charge in [-0.2, -0.15) is 0 Å². The Labute approximate surface area is 102 Å². The number of nitrogens with zero attached hydrogens (tertiary/aromatic N) is 2. The molecule has 0 aromatic carbocycles. The summed E-state index contributed by atoms with van der Waals surface area (Å²) < 4.78 is 0. The van der Waals surface area contributed by atoms with Crippen LogP contribution in [0.4, 0.5) is 4.79 Å². The Morgan fingerprint density at radius 3 is 2.71 bits per heavy atom. The number of urea groups is 1. The smallest absolute Gasteiger partial charge is 0.318 e. The van der Waals surface area contributed by atoms with Crippen LogP contribution in [-0.4, -0.2) is 41.1 Å². The topological polar surface area (TPSA) is 91.0 Å². The monoisotopic (exact) mass is 242 g/mol. The number of carbonyl (C=O) groups is 1. The lowest BCUT2D eigenvalue weighted by molar-refractivity contribution is 0.184. The lowest BCUT2D eigenvalue weighted by Crippen LogP contribution is -2.49. The van der Waals surface area contributed by atoms with Crippen molar-refractivity contribution in [3.05, 3.63) is 0 Å². The minimum absolute atomic E-state index is 0.0727. The average molecular weight is 242 g/mol. The zero-order valence-corrected chi connectivity index (χ0v) is 10.4. The van der Waals surface area contributed by atoms with Gasteiger partial charge in [0.05, 0.1) is 6.54 Å². The summed E-state index contributed by atoms with van der Waals surface area (Å²) in [5, 5.41) is 14.4. The molecule has 0 bridgehead atoms. The maximum Gasteiger partial charge on any atom is 0.318 e. The Kier molecular flexibility index (Phi) is 5.59. The van der Waals surface area contributed by atoms with Crippen LogP contribution >= 0.6 is 0 Å². The van der Waals surface area contributed by atoms with Crippen molar-refractivity contribution in [2.45, 2.75) is 45.1 Å². The largest absolute Gasteiger partial charge is 0.409 e. The highest BCUT2D eigenvalue weighted by atomic mass is 16.4. The van der Waals surface area contributed by atoms with Crippen molar-refractivity contribution in [1.82, 2.24) is 10.2 Å². The van der Waals surface area contributed by atoms with Crippen molar-refractivity contribution in [3.63, 3.8) is 0 Å². The number of hydrogen-bond acceptors (Lipinski definition) is 3. The minimum Gasteiger partial charge on any atom is -0.409 e. The maximum atomic E-state index is 12.0. The number of oxime groups is 1. The van der Waals surface area contributed by atoms with Crippen molar-refractivity contribution in [1.29, 1.82) is 0 Å². The Hall–Kier alpha value is -1.46. The van der Waals surface area contributed by atoms with Gasteiger partial charge in [-0.1, -0.05) is 24.9 Å². The zero-order valence-electron chi connectivity index (χ0n) is 10.4. The Balaban J connectivity index is 2.60. The average Bonchev–Trinajstić information content (AvgIpc) is 2.86. The molecule has 1 fully saturated rings. The van der Waals surface area contributed by atoms with Gasteiger partial charge in [0.2, 0.25) is 0 Å². The van der Waals surface area contributed by atoms with Gasteiger partial charge < -0.3 is 21.2 Å². The van der Waals surface area contributed by atoms with Gasteiger partial charge in [0.15, 0.2) is 5.84 Å². The minimum atomic E-state index is -0.120. The maximum absolute atomic E-state index is 12.0. The molecule has 1 rings (SSSR count). The van der Waals surface area contributed by atoms with Crippen LogP contribution in [0.3, 0.4) is 0 Å². The molecule has 98 valence electrons. The summed E-state index contributed by atoms with van der Waals surface area (Å²) >= 11 is 0. The number of hydrogen-bond donors (Lipinski definition) is 3. The molecule has 1 saturated carbocycles. The fourth-order valence-corrected chi connectivity index (χ4v) is 2.12. The van der Waals surface area contributed by atoms with Gasteiger partial charge in [-0.25, -0.2) is 4.79 Å². The van der Waals surface area contributed by atoms with E-state index in [1.54, 1.807) is 4.90 Å². The third-order valence-corrected chi connectivity index (χ3v) is 3.01. The van der Waals surface area contributed by atoms with Crippen molar-refractivity contribution >= 4 is 11.9 Å². The van der Waals surface area contributed by atoms with E-state index in [2.05, 4.69) is 10.5 Å². The Bertz CT molecular complexity index is 275. The van der Waals surface area contributed by atoms with Crippen molar-refractivity contribution in [2.75, 3.05) is 13.1 Å². The van der Waals surface area contributed by atoms with Crippen LogP contribution in [0.2, 0.25) is 0 Å². The van der Waals surface area contributed by atoms with Crippen molar-refractivity contribution in [3.8, 4) is 0 Å². The molecule has 2 amide bonds. The highest BCUT2D eigenvalue weighted by Crippen LogP contribution is 2.23. The van der Waals surface area contributed by atoms with E-state index < -0.39 is 0 Å². The molecule has 0 aliphatic heterocycles. The SMILES string of the molecule is CCCNC(=O)N(CC(N)=NO)C1CCCC1. The van der Waals surface area contributed by atoms with Gasteiger partial charge in [0, 0.05) is 12.6 Å². The van der Waals surface area contributed by atoms with Gasteiger partial charge in [0.25, 0.3) is 0 Å². The number of nitrogens with two attached hydrogens (primary N) is 1. The second-order valence-electron chi connectivity index (χ2n) is 4.39. The predicted octanol–water partition coefficient (Wildman–Crippen LogP) is 1.10. The lowest BCUT2D eigenvalue weighted by atomic mass is 10.2. The first kappa shape index (κ1) is 13.6. The summed E-state index contributed by atoms with van der Waals surface area (Å²) in [7, 11) is 0. The van der Waals surface area contributed by atoms with Gasteiger partial charge in [0.1, 0.15) is 0 Å². The molecule has 0 radical (unpaired) electrons. The molecule has 0 atom stereocenters. The molecule has 4 N–H and O–H groups in total. The fourth-order valence-electron chi connectivity index (χ4n) is 2.12. The Morgan fingerprint density at radius 2 is 2.18 bits per heavy atom. The first-order valence-electron chi connectivity index (χ1n) is 6.20. The molecule has 1 aliphatic rings. The van der Waals surface area contributed by atoms with Crippen molar-refractivity contribution in [2.24, 2.45) is 10.9 Å². The zero-order chi connectivity index (χ0) is 12.7. The molecule has 1 aliphatic carbocycles. The molecular weight excluding hydrogens is 220 g/mol. The molecule has 0 unspecified atom stereocenters. The first-order chi connectivity index (χ1) is 8.19. The highest BCUT2D eigenvalue weighted by Gasteiger charge is 2.27. The standard InChI is InChI=1S/C11H22N4O2/c1-2-7-13-11(16)15(8-10(12)14-17)9-5-3-4-6-9/h9,17H,2-8H2,1H3,(H2,12,14)(H,13,16). The van der Waals surface area contributed by atoms with E-state index in [1.165, 1.54) is 0 Å². The number of amidine groups is 1. The summed E-state index contributed by atoms with van der Waals surface area (Å²) in [6.45, 7) is 2.85. The van der Waals surface area contributed by atoms with E-state index in [-0.39, 0.29) is 24.5 Å². The summed E-state index contributed by atoms with van der Waals surface area (Å²) in [5.74, 6) is 0.0727. The number of nitrogens with one attached hydrogen (secondary N) is 1. The fraction of sp³-hybridized carbons (Fsp3) is 0.818. The van der Waals surface area contributed by atoms with Gasteiger partial charge >= 0.3 is 6.03 Å². The molecule has 6 heteroatoms. The van der Waals surface area contributed by atoms with E-state index in [0.29, 0.717) is 6.54 Å². The number of rotatable bonds is 5.